The Kier molecular flexibility index (Phi) is 8.17. The molecule has 1 aliphatic carbocycles. The molecule has 1 heterocycles. The van der Waals surface area contributed by atoms with E-state index < -0.39 is 5.92 Å². The summed E-state index contributed by atoms with van der Waals surface area (Å²) in [5.41, 5.74) is 0. The average Bonchev–Trinajstić information content (AvgIpc) is 2.60. The number of Topliss-reactive ketones (excluding diaryl/α,β-unsaturated/α-hetero) is 3. The van der Waals surface area contributed by atoms with Crippen LogP contribution in [0.25, 0.3) is 0 Å². The molecule has 154 valence electrons. The van der Waals surface area contributed by atoms with Crippen LogP contribution < -0.4 is 0 Å². The summed E-state index contributed by atoms with van der Waals surface area (Å²) >= 11 is 0. The number of ether oxygens (including phenoxy) is 2. The summed E-state index contributed by atoms with van der Waals surface area (Å²) in [7, 11) is 0. The molecule has 1 aliphatic heterocycles. The van der Waals surface area contributed by atoms with Gasteiger partial charge in [0.2, 0.25) is 0 Å². The molecule has 0 radical (unpaired) electrons. The summed E-state index contributed by atoms with van der Waals surface area (Å²) in [5.74, 6) is -0.691. The van der Waals surface area contributed by atoms with Gasteiger partial charge in [0.15, 0.2) is 23.6 Å². The van der Waals surface area contributed by atoms with Gasteiger partial charge in [0.25, 0.3) is 0 Å². The smallest absolute Gasteiger partial charge is 0.158 e. The van der Waals surface area contributed by atoms with Crippen molar-refractivity contribution >= 4 is 17.3 Å². The van der Waals surface area contributed by atoms with E-state index in [1.807, 2.05) is 6.92 Å². The molecule has 5 heteroatoms. The predicted molar refractivity (Wildman–Crippen MR) is 103 cm³/mol. The van der Waals surface area contributed by atoms with Crippen LogP contribution in [0, 0.1) is 29.6 Å². The van der Waals surface area contributed by atoms with Crippen molar-refractivity contribution < 1.29 is 23.9 Å². The summed E-state index contributed by atoms with van der Waals surface area (Å²) in [6, 6.07) is 0. The fourth-order valence-electron chi connectivity index (χ4n) is 4.56. The first-order chi connectivity index (χ1) is 12.8. The zero-order chi connectivity index (χ0) is 20.1. The third-order valence-electron chi connectivity index (χ3n) is 6.06. The zero-order valence-electron chi connectivity index (χ0n) is 17.5. The molecule has 2 aliphatic rings. The summed E-state index contributed by atoms with van der Waals surface area (Å²) in [4.78, 5) is 37.4. The molecule has 5 nitrogen and oxygen atoms in total. The van der Waals surface area contributed by atoms with Crippen LogP contribution in [0.5, 0.6) is 0 Å². The molecule has 0 aromatic carbocycles. The second-order valence-electron chi connectivity index (χ2n) is 8.77. The second-order valence-corrected chi connectivity index (χ2v) is 8.77. The van der Waals surface area contributed by atoms with Gasteiger partial charge in [0.05, 0.1) is 12.7 Å². The molecule has 1 saturated heterocycles. The number of carbonyl (C=O) groups excluding carboxylic acids is 3. The van der Waals surface area contributed by atoms with Crippen molar-refractivity contribution in [3.05, 3.63) is 0 Å². The number of hydrogen-bond donors (Lipinski definition) is 0. The Morgan fingerprint density at radius 3 is 2.33 bits per heavy atom. The van der Waals surface area contributed by atoms with E-state index in [4.69, 9.17) is 9.47 Å². The van der Waals surface area contributed by atoms with Crippen LogP contribution in [-0.4, -0.2) is 36.4 Å². The number of ketones is 3. The summed E-state index contributed by atoms with van der Waals surface area (Å²) in [6.07, 6.45) is 2.91. The van der Waals surface area contributed by atoms with Crippen LogP contribution in [-0.2, 0) is 23.9 Å². The third kappa shape index (κ3) is 5.47. The predicted octanol–water partition coefficient (Wildman–Crippen LogP) is 3.97. The van der Waals surface area contributed by atoms with Crippen LogP contribution in [0.1, 0.15) is 73.1 Å². The lowest BCUT2D eigenvalue weighted by Gasteiger charge is -2.44. The van der Waals surface area contributed by atoms with Crippen molar-refractivity contribution in [3.8, 4) is 0 Å². The van der Waals surface area contributed by atoms with E-state index >= 15 is 0 Å². The summed E-state index contributed by atoms with van der Waals surface area (Å²) in [5, 5.41) is 0. The van der Waals surface area contributed by atoms with Crippen molar-refractivity contribution in [1.29, 1.82) is 0 Å². The Bertz CT molecular complexity index is 523. The van der Waals surface area contributed by atoms with E-state index in [0.717, 1.165) is 12.8 Å². The van der Waals surface area contributed by atoms with E-state index in [2.05, 4.69) is 27.7 Å². The highest BCUT2D eigenvalue weighted by Gasteiger charge is 2.46. The minimum atomic E-state index is -1.03. The molecule has 0 bridgehead atoms. The molecule has 0 spiro atoms. The molecule has 1 saturated carbocycles. The van der Waals surface area contributed by atoms with E-state index in [-0.39, 0.29) is 54.4 Å². The Hall–Kier alpha value is -1.07. The highest BCUT2D eigenvalue weighted by molar-refractivity contribution is 6.20. The standard InChI is InChI=1S/C22H36O5/c1-6-8-17(23)21-18(24)9-16(10-19(21)25)22-14(5)15(7-2)11-20(27-22)26-12-13(3)4/h13-16,20-22H,6-12H2,1-5H3. The second kappa shape index (κ2) is 9.92. The minimum Gasteiger partial charge on any atom is -0.352 e. The zero-order valence-corrected chi connectivity index (χ0v) is 17.5. The van der Waals surface area contributed by atoms with Crippen LogP contribution in [0.15, 0.2) is 0 Å². The third-order valence-corrected chi connectivity index (χ3v) is 6.06. The van der Waals surface area contributed by atoms with Crippen LogP contribution in [0.4, 0.5) is 0 Å². The van der Waals surface area contributed by atoms with Gasteiger partial charge in [-0.25, -0.2) is 0 Å². The van der Waals surface area contributed by atoms with Gasteiger partial charge < -0.3 is 9.47 Å². The molecule has 27 heavy (non-hydrogen) atoms. The maximum atomic E-state index is 12.6. The molecule has 0 N–H and O–H groups in total. The van der Waals surface area contributed by atoms with Crippen LogP contribution in [0.2, 0.25) is 0 Å². The van der Waals surface area contributed by atoms with Gasteiger partial charge in [-0.1, -0.05) is 41.0 Å². The average molecular weight is 381 g/mol. The van der Waals surface area contributed by atoms with Crippen LogP contribution in [0.3, 0.4) is 0 Å². The molecule has 0 aromatic rings. The van der Waals surface area contributed by atoms with Gasteiger partial charge in [0.1, 0.15) is 5.92 Å². The maximum Gasteiger partial charge on any atom is 0.158 e. The van der Waals surface area contributed by atoms with Crippen molar-refractivity contribution in [2.24, 2.45) is 29.6 Å². The summed E-state index contributed by atoms with van der Waals surface area (Å²) < 4.78 is 12.2. The number of rotatable bonds is 8. The van der Waals surface area contributed by atoms with Crippen molar-refractivity contribution in [1.82, 2.24) is 0 Å². The van der Waals surface area contributed by atoms with Gasteiger partial charge >= 0.3 is 0 Å². The van der Waals surface area contributed by atoms with E-state index in [1.54, 1.807) is 0 Å². The molecular formula is C22H36O5. The Morgan fingerprint density at radius 1 is 1.19 bits per heavy atom. The lowest BCUT2D eigenvalue weighted by Crippen LogP contribution is -2.49. The molecule has 4 atom stereocenters. The SMILES string of the molecule is CCCC(=O)C1C(=O)CC(C2OC(OCC(C)C)CC(CC)C2C)CC1=O. The number of hydrogen-bond acceptors (Lipinski definition) is 5. The van der Waals surface area contributed by atoms with Gasteiger partial charge in [-0.2, -0.15) is 0 Å². The first-order valence-corrected chi connectivity index (χ1v) is 10.6. The Morgan fingerprint density at radius 2 is 1.81 bits per heavy atom. The van der Waals surface area contributed by atoms with Gasteiger partial charge in [-0.15, -0.1) is 0 Å². The molecule has 4 unspecified atom stereocenters. The molecule has 2 rings (SSSR count). The molecular weight excluding hydrogens is 344 g/mol. The Balaban J connectivity index is 2.09. The summed E-state index contributed by atoms with van der Waals surface area (Å²) in [6.45, 7) is 11.1. The Labute approximate surface area is 163 Å². The normalized spacial score (nSPS) is 34.9. The lowest BCUT2D eigenvalue weighted by molar-refractivity contribution is -0.239. The van der Waals surface area contributed by atoms with E-state index in [0.29, 0.717) is 31.3 Å². The first-order valence-electron chi connectivity index (χ1n) is 10.6. The maximum absolute atomic E-state index is 12.6. The fraction of sp³-hybridized carbons (Fsp3) is 0.864. The van der Waals surface area contributed by atoms with Gasteiger partial charge in [-0.05, 0) is 30.1 Å². The fourth-order valence-corrected chi connectivity index (χ4v) is 4.56. The lowest BCUT2D eigenvalue weighted by atomic mass is 9.70. The molecule has 0 amide bonds. The topological polar surface area (TPSA) is 69.7 Å². The minimum absolute atomic E-state index is 0.148. The molecule has 0 aromatic heterocycles. The monoisotopic (exact) mass is 380 g/mol. The first kappa shape index (κ1) is 22.2. The molecule has 2 fully saturated rings. The van der Waals surface area contributed by atoms with E-state index in [9.17, 15) is 14.4 Å². The highest BCUT2D eigenvalue weighted by atomic mass is 16.7. The van der Waals surface area contributed by atoms with Gasteiger partial charge in [-0.3, -0.25) is 14.4 Å². The van der Waals surface area contributed by atoms with Crippen molar-refractivity contribution in [2.75, 3.05) is 6.61 Å². The van der Waals surface area contributed by atoms with Crippen LogP contribution >= 0.6 is 0 Å². The van der Waals surface area contributed by atoms with Crippen molar-refractivity contribution in [2.45, 2.75) is 85.5 Å². The van der Waals surface area contributed by atoms with Gasteiger partial charge in [0, 0.05) is 25.7 Å². The highest BCUT2D eigenvalue weighted by Crippen LogP contribution is 2.40. The largest absolute Gasteiger partial charge is 0.352 e. The number of carbonyl (C=O) groups is 3. The van der Waals surface area contributed by atoms with E-state index in [1.165, 1.54) is 0 Å². The quantitative estimate of drug-likeness (QED) is 0.596. The van der Waals surface area contributed by atoms with Crippen molar-refractivity contribution in [3.63, 3.8) is 0 Å².